The highest BCUT2D eigenvalue weighted by atomic mass is 79.9. The third-order valence-electron chi connectivity index (χ3n) is 3.27. The Bertz CT molecular complexity index is 383. The predicted octanol–water partition coefficient (Wildman–Crippen LogP) is 3.11. The lowest BCUT2D eigenvalue weighted by atomic mass is 9.64. The van der Waals surface area contributed by atoms with E-state index in [0.29, 0.717) is 16.6 Å². The van der Waals surface area contributed by atoms with Gasteiger partial charge in [0.05, 0.1) is 4.47 Å². The standard InChI is InChI=1S/C11H12BrF2N/c12-10-8(4-7(13)5-9(10)14)11(6-15)2-1-3-11/h4-5H,1-3,6,15H2. The van der Waals surface area contributed by atoms with Crippen LogP contribution in [-0.4, -0.2) is 6.54 Å². The van der Waals surface area contributed by atoms with Crippen molar-refractivity contribution in [3.63, 3.8) is 0 Å². The molecule has 1 saturated carbocycles. The number of rotatable bonds is 2. The monoisotopic (exact) mass is 275 g/mol. The third-order valence-corrected chi connectivity index (χ3v) is 4.07. The molecule has 0 radical (unpaired) electrons. The summed E-state index contributed by atoms with van der Waals surface area (Å²) in [5.74, 6) is -1.09. The van der Waals surface area contributed by atoms with Crippen molar-refractivity contribution in [2.75, 3.05) is 6.54 Å². The van der Waals surface area contributed by atoms with E-state index in [4.69, 9.17) is 5.73 Å². The maximum Gasteiger partial charge on any atom is 0.140 e. The van der Waals surface area contributed by atoms with E-state index in [2.05, 4.69) is 15.9 Å². The summed E-state index contributed by atoms with van der Waals surface area (Å²) in [6.45, 7) is 0.439. The average molecular weight is 276 g/mol. The molecule has 0 aliphatic heterocycles. The summed E-state index contributed by atoms with van der Waals surface area (Å²) in [6, 6.07) is 2.27. The summed E-state index contributed by atoms with van der Waals surface area (Å²) >= 11 is 3.17. The highest BCUT2D eigenvalue weighted by Gasteiger charge is 2.39. The Morgan fingerprint density at radius 2 is 2.00 bits per heavy atom. The van der Waals surface area contributed by atoms with Gasteiger partial charge in [0.2, 0.25) is 0 Å². The number of halogens is 3. The molecule has 1 nitrogen and oxygen atoms in total. The lowest BCUT2D eigenvalue weighted by Gasteiger charge is -2.42. The van der Waals surface area contributed by atoms with Crippen molar-refractivity contribution >= 4 is 15.9 Å². The molecule has 0 atom stereocenters. The summed E-state index contributed by atoms with van der Waals surface area (Å²) in [5, 5.41) is 0. The van der Waals surface area contributed by atoms with Gasteiger partial charge in [0, 0.05) is 18.0 Å². The first-order valence-corrected chi connectivity index (χ1v) is 5.73. The first-order valence-electron chi connectivity index (χ1n) is 4.94. The van der Waals surface area contributed by atoms with Crippen LogP contribution in [-0.2, 0) is 5.41 Å². The Labute approximate surface area is 95.8 Å². The first-order chi connectivity index (χ1) is 7.09. The quantitative estimate of drug-likeness (QED) is 0.825. The van der Waals surface area contributed by atoms with Crippen molar-refractivity contribution in [3.8, 4) is 0 Å². The molecule has 0 saturated heterocycles. The number of hydrogen-bond acceptors (Lipinski definition) is 1. The summed E-state index contributed by atoms with van der Waals surface area (Å²) < 4.78 is 26.8. The molecule has 0 bridgehead atoms. The van der Waals surface area contributed by atoms with Gasteiger partial charge in [-0.2, -0.15) is 0 Å². The molecule has 2 rings (SSSR count). The van der Waals surface area contributed by atoms with Gasteiger partial charge in [0.15, 0.2) is 0 Å². The van der Waals surface area contributed by atoms with E-state index in [0.717, 1.165) is 25.3 Å². The van der Waals surface area contributed by atoms with Crippen molar-refractivity contribution in [2.24, 2.45) is 5.73 Å². The zero-order chi connectivity index (χ0) is 11.1. The molecular formula is C11H12BrF2N. The van der Waals surface area contributed by atoms with E-state index < -0.39 is 11.6 Å². The maximum atomic E-state index is 13.3. The Balaban J connectivity index is 2.51. The fourth-order valence-electron chi connectivity index (χ4n) is 2.13. The lowest BCUT2D eigenvalue weighted by molar-refractivity contribution is 0.250. The molecule has 1 aliphatic carbocycles. The van der Waals surface area contributed by atoms with Crippen LogP contribution < -0.4 is 5.73 Å². The fourth-order valence-corrected chi connectivity index (χ4v) is 2.78. The molecule has 1 aromatic rings. The topological polar surface area (TPSA) is 26.0 Å². The van der Waals surface area contributed by atoms with E-state index in [-0.39, 0.29) is 5.41 Å². The highest BCUT2D eigenvalue weighted by molar-refractivity contribution is 9.10. The van der Waals surface area contributed by atoms with Gasteiger partial charge in [-0.05, 0) is 40.4 Å². The van der Waals surface area contributed by atoms with Crippen molar-refractivity contribution < 1.29 is 8.78 Å². The molecule has 1 aromatic carbocycles. The molecule has 2 N–H and O–H groups in total. The van der Waals surface area contributed by atoms with Crippen LogP contribution in [0.4, 0.5) is 8.78 Å². The summed E-state index contributed by atoms with van der Waals surface area (Å²) in [6.07, 6.45) is 2.89. The van der Waals surface area contributed by atoms with E-state index in [1.807, 2.05) is 0 Å². The molecule has 4 heteroatoms. The minimum atomic E-state index is -0.551. The SMILES string of the molecule is NCC1(c2cc(F)cc(F)c2Br)CCC1. The van der Waals surface area contributed by atoms with Crippen molar-refractivity contribution in [1.29, 1.82) is 0 Å². The fraction of sp³-hybridized carbons (Fsp3) is 0.455. The van der Waals surface area contributed by atoms with Crippen molar-refractivity contribution in [1.82, 2.24) is 0 Å². The smallest absolute Gasteiger partial charge is 0.140 e. The molecule has 1 fully saturated rings. The van der Waals surface area contributed by atoms with Gasteiger partial charge < -0.3 is 5.73 Å². The van der Waals surface area contributed by atoms with Crippen LogP contribution >= 0.6 is 15.9 Å². The minimum Gasteiger partial charge on any atom is -0.330 e. The van der Waals surface area contributed by atoms with Gasteiger partial charge in [-0.25, -0.2) is 8.78 Å². The Hall–Kier alpha value is -0.480. The van der Waals surface area contributed by atoms with Crippen molar-refractivity contribution in [3.05, 3.63) is 33.8 Å². The van der Waals surface area contributed by atoms with Crippen LogP contribution in [0.5, 0.6) is 0 Å². The minimum absolute atomic E-state index is 0.220. The zero-order valence-corrected chi connectivity index (χ0v) is 9.78. The van der Waals surface area contributed by atoms with Gasteiger partial charge in [-0.3, -0.25) is 0 Å². The Morgan fingerprint density at radius 1 is 1.33 bits per heavy atom. The van der Waals surface area contributed by atoms with Gasteiger partial charge >= 0.3 is 0 Å². The molecule has 1 aliphatic rings. The summed E-state index contributed by atoms with van der Waals surface area (Å²) in [5.41, 5.74) is 6.16. The largest absolute Gasteiger partial charge is 0.330 e. The van der Waals surface area contributed by atoms with Gasteiger partial charge in [0.1, 0.15) is 11.6 Å². The van der Waals surface area contributed by atoms with E-state index in [1.54, 1.807) is 0 Å². The van der Waals surface area contributed by atoms with Crippen LogP contribution in [0.3, 0.4) is 0 Å². The molecule has 0 amide bonds. The van der Waals surface area contributed by atoms with Crippen molar-refractivity contribution in [2.45, 2.75) is 24.7 Å². The molecule has 0 aromatic heterocycles. The van der Waals surface area contributed by atoms with E-state index in [1.165, 1.54) is 6.07 Å². The van der Waals surface area contributed by atoms with Crippen LogP contribution in [0.1, 0.15) is 24.8 Å². The molecule has 0 heterocycles. The third kappa shape index (κ3) is 1.70. The number of benzene rings is 1. The average Bonchev–Trinajstić information content (AvgIpc) is 2.12. The van der Waals surface area contributed by atoms with E-state index >= 15 is 0 Å². The van der Waals surface area contributed by atoms with Gasteiger partial charge in [0.25, 0.3) is 0 Å². The lowest BCUT2D eigenvalue weighted by Crippen LogP contribution is -2.42. The first kappa shape index (κ1) is 11.0. The summed E-state index contributed by atoms with van der Waals surface area (Å²) in [7, 11) is 0. The summed E-state index contributed by atoms with van der Waals surface area (Å²) in [4.78, 5) is 0. The number of nitrogens with two attached hydrogens (primary N) is 1. The number of hydrogen-bond donors (Lipinski definition) is 1. The van der Waals surface area contributed by atoms with Crippen LogP contribution in [0.25, 0.3) is 0 Å². The zero-order valence-electron chi connectivity index (χ0n) is 8.19. The second kappa shape index (κ2) is 3.83. The second-order valence-corrected chi connectivity index (χ2v) is 4.88. The van der Waals surface area contributed by atoms with E-state index in [9.17, 15) is 8.78 Å². The Morgan fingerprint density at radius 3 is 2.47 bits per heavy atom. The van der Waals surface area contributed by atoms with Crippen LogP contribution in [0.2, 0.25) is 0 Å². The van der Waals surface area contributed by atoms with Crippen LogP contribution in [0.15, 0.2) is 16.6 Å². The predicted molar refractivity (Wildman–Crippen MR) is 58.6 cm³/mol. The molecule has 0 unspecified atom stereocenters. The molecular weight excluding hydrogens is 264 g/mol. The van der Waals surface area contributed by atoms with Gasteiger partial charge in [-0.1, -0.05) is 6.42 Å². The second-order valence-electron chi connectivity index (χ2n) is 4.09. The van der Waals surface area contributed by atoms with Crippen LogP contribution in [0, 0.1) is 11.6 Å². The highest BCUT2D eigenvalue weighted by Crippen LogP contribution is 2.46. The van der Waals surface area contributed by atoms with Gasteiger partial charge in [-0.15, -0.1) is 0 Å². The maximum absolute atomic E-state index is 13.3. The normalized spacial score (nSPS) is 18.7. The molecule has 15 heavy (non-hydrogen) atoms. The Kier molecular flexibility index (Phi) is 2.81. The molecule has 0 spiro atoms. The molecule has 82 valence electrons.